The lowest BCUT2D eigenvalue weighted by molar-refractivity contribution is 0.130. The second-order valence-electron chi connectivity index (χ2n) is 4.39. The molecule has 1 aromatic rings. The maximum Gasteiger partial charge on any atom is 0.0589 e. The van der Waals surface area contributed by atoms with Gasteiger partial charge in [-0.05, 0) is 26.6 Å². The third-order valence-corrected chi connectivity index (χ3v) is 3.30. The zero-order valence-corrected chi connectivity index (χ0v) is 11.3. The van der Waals surface area contributed by atoms with Gasteiger partial charge >= 0.3 is 0 Å². The van der Waals surface area contributed by atoms with E-state index in [-0.39, 0.29) is 0 Å². The lowest BCUT2D eigenvalue weighted by Gasteiger charge is -2.32. The van der Waals surface area contributed by atoms with E-state index in [0.717, 1.165) is 13.2 Å². The highest BCUT2D eigenvalue weighted by molar-refractivity contribution is 5.20. The first-order valence-electron chi connectivity index (χ1n) is 6.12. The van der Waals surface area contributed by atoms with Crippen LogP contribution in [0.5, 0.6) is 0 Å². The van der Waals surface area contributed by atoms with E-state index in [1.807, 2.05) is 7.05 Å². The fraction of sp³-hybridized carbons (Fsp3) is 0.571. The fourth-order valence-corrected chi connectivity index (χ4v) is 2.04. The van der Waals surface area contributed by atoms with E-state index in [4.69, 9.17) is 4.74 Å². The van der Waals surface area contributed by atoms with Crippen LogP contribution in [-0.4, -0.2) is 45.3 Å². The van der Waals surface area contributed by atoms with Gasteiger partial charge in [0, 0.05) is 25.7 Å². The quantitative estimate of drug-likeness (QED) is 0.782. The molecule has 0 heterocycles. The minimum absolute atomic E-state index is 0.345. The summed E-state index contributed by atoms with van der Waals surface area (Å²) in [6.07, 6.45) is 0. The normalized spacial score (nSPS) is 14.9. The molecule has 0 saturated heterocycles. The molecule has 1 N–H and O–H groups in total. The smallest absolute Gasteiger partial charge is 0.0589 e. The van der Waals surface area contributed by atoms with Gasteiger partial charge in [0.15, 0.2) is 0 Å². The molecular weight excluding hydrogens is 212 g/mol. The van der Waals surface area contributed by atoms with Crippen molar-refractivity contribution in [2.45, 2.75) is 19.0 Å². The van der Waals surface area contributed by atoms with Crippen LogP contribution in [0.2, 0.25) is 0 Å². The molecule has 1 aromatic carbocycles. The first-order valence-corrected chi connectivity index (χ1v) is 6.12. The summed E-state index contributed by atoms with van der Waals surface area (Å²) in [6.45, 7) is 3.96. The number of likely N-dealkylation sites (N-methyl/N-ethyl adjacent to an activating group) is 2. The Bertz CT molecular complexity index is 302. The molecule has 0 fully saturated rings. The standard InChI is InChI=1S/C14H24N2O/c1-12(16(3)10-11-17-4)14(15-2)13-8-6-5-7-9-13/h5-9,12,14-15H,10-11H2,1-4H3. The maximum atomic E-state index is 5.12. The van der Waals surface area contributed by atoms with Crippen molar-refractivity contribution in [2.75, 3.05) is 34.4 Å². The third-order valence-electron chi connectivity index (χ3n) is 3.30. The number of nitrogens with one attached hydrogen (secondary N) is 1. The van der Waals surface area contributed by atoms with E-state index in [0.29, 0.717) is 12.1 Å². The van der Waals surface area contributed by atoms with Crippen molar-refractivity contribution in [3.63, 3.8) is 0 Å². The van der Waals surface area contributed by atoms with E-state index in [2.05, 4.69) is 54.5 Å². The topological polar surface area (TPSA) is 24.5 Å². The average molecular weight is 236 g/mol. The first-order chi connectivity index (χ1) is 8.20. The Morgan fingerprint density at radius 1 is 1.29 bits per heavy atom. The van der Waals surface area contributed by atoms with Gasteiger partial charge in [0.25, 0.3) is 0 Å². The van der Waals surface area contributed by atoms with Crippen LogP contribution in [0.15, 0.2) is 30.3 Å². The van der Waals surface area contributed by atoms with Crippen molar-refractivity contribution in [2.24, 2.45) is 0 Å². The summed E-state index contributed by atoms with van der Waals surface area (Å²) < 4.78 is 5.12. The SMILES string of the molecule is CNC(c1ccccc1)C(C)N(C)CCOC. The van der Waals surface area contributed by atoms with E-state index in [9.17, 15) is 0 Å². The van der Waals surface area contributed by atoms with E-state index >= 15 is 0 Å². The van der Waals surface area contributed by atoms with Crippen LogP contribution in [-0.2, 0) is 4.74 Å². The molecule has 17 heavy (non-hydrogen) atoms. The highest BCUT2D eigenvalue weighted by atomic mass is 16.5. The fourth-order valence-electron chi connectivity index (χ4n) is 2.04. The number of nitrogens with zero attached hydrogens (tertiary/aromatic N) is 1. The number of hydrogen-bond donors (Lipinski definition) is 1. The first kappa shape index (κ1) is 14.2. The molecule has 2 atom stereocenters. The van der Waals surface area contributed by atoms with Crippen LogP contribution in [0.25, 0.3) is 0 Å². The predicted molar refractivity (Wildman–Crippen MR) is 72.2 cm³/mol. The van der Waals surface area contributed by atoms with Crippen LogP contribution in [0, 0.1) is 0 Å². The molecule has 0 aromatic heterocycles. The summed E-state index contributed by atoms with van der Waals surface area (Å²) >= 11 is 0. The summed E-state index contributed by atoms with van der Waals surface area (Å²) in [7, 11) is 5.89. The van der Waals surface area contributed by atoms with Crippen molar-refractivity contribution in [1.29, 1.82) is 0 Å². The number of hydrogen-bond acceptors (Lipinski definition) is 3. The molecule has 96 valence electrons. The van der Waals surface area contributed by atoms with Crippen molar-refractivity contribution in [1.82, 2.24) is 10.2 Å². The van der Waals surface area contributed by atoms with Gasteiger partial charge in [-0.3, -0.25) is 4.90 Å². The van der Waals surface area contributed by atoms with Gasteiger partial charge in [0.05, 0.1) is 6.61 Å². The molecule has 0 aliphatic heterocycles. The van der Waals surface area contributed by atoms with E-state index in [1.54, 1.807) is 7.11 Å². The number of rotatable bonds is 7. The summed E-state index contributed by atoms with van der Waals surface area (Å²) in [5.41, 5.74) is 1.33. The lowest BCUT2D eigenvalue weighted by atomic mass is 10.00. The lowest BCUT2D eigenvalue weighted by Crippen LogP contribution is -2.41. The van der Waals surface area contributed by atoms with Crippen LogP contribution in [0.3, 0.4) is 0 Å². The summed E-state index contributed by atoms with van der Waals surface area (Å²) in [4.78, 5) is 2.32. The van der Waals surface area contributed by atoms with Crippen molar-refractivity contribution >= 4 is 0 Å². The number of methoxy groups -OCH3 is 1. The average Bonchev–Trinajstić information content (AvgIpc) is 2.38. The summed E-state index contributed by atoms with van der Waals surface area (Å²) in [6, 6.07) is 11.3. The Morgan fingerprint density at radius 2 is 1.94 bits per heavy atom. The van der Waals surface area contributed by atoms with Gasteiger partial charge in [-0.15, -0.1) is 0 Å². The second-order valence-corrected chi connectivity index (χ2v) is 4.39. The van der Waals surface area contributed by atoms with Crippen LogP contribution >= 0.6 is 0 Å². The molecule has 2 unspecified atom stereocenters. The van der Waals surface area contributed by atoms with E-state index in [1.165, 1.54) is 5.56 Å². The molecule has 1 rings (SSSR count). The Morgan fingerprint density at radius 3 is 2.47 bits per heavy atom. The monoisotopic (exact) mass is 236 g/mol. The van der Waals surface area contributed by atoms with Gasteiger partial charge in [-0.25, -0.2) is 0 Å². The minimum Gasteiger partial charge on any atom is -0.383 e. The van der Waals surface area contributed by atoms with E-state index < -0.39 is 0 Å². The minimum atomic E-state index is 0.345. The molecule has 3 nitrogen and oxygen atoms in total. The summed E-state index contributed by atoms with van der Waals surface area (Å²) in [5.74, 6) is 0. The van der Waals surface area contributed by atoms with Crippen molar-refractivity contribution < 1.29 is 4.74 Å². The number of ether oxygens (including phenoxy) is 1. The Kier molecular flexibility index (Phi) is 6.19. The van der Waals surface area contributed by atoms with Gasteiger partial charge in [0.1, 0.15) is 0 Å². The molecule has 0 aliphatic carbocycles. The van der Waals surface area contributed by atoms with Crippen molar-refractivity contribution in [3.05, 3.63) is 35.9 Å². The Labute approximate surface area is 105 Å². The molecule has 0 saturated carbocycles. The second kappa shape index (κ2) is 7.43. The largest absolute Gasteiger partial charge is 0.383 e. The molecule has 0 spiro atoms. The predicted octanol–water partition coefficient (Wildman–Crippen LogP) is 1.91. The third kappa shape index (κ3) is 4.11. The van der Waals surface area contributed by atoms with Crippen LogP contribution in [0.1, 0.15) is 18.5 Å². The molecule has 0 bridgehead atoms. The molecule has 0 radical (unpaired) electrons. The van der Waals surface area contributed by atoms with Gasteiger partial charge in [-0.2, -0.15) is 0 Å². The maximum absolute atomic E-state index is 5.12. The zero-order valence-electron chi connectivity index (χ0n) is 11.3. The summed E-state index contributed by atoms with van der Waals surface area (Å²) in [5, 5.41) is 3.39. The molecule has 3 heteroatoms. The van der Waals surface area contributed by atoms with Gasteiger partial charge < -0.3 is 10.1 Å². The van der Waals surface area contributed by atoms with Crippen LogP contribution in [0.4, 0.5) is 0 Å². The van der Waals surface area contributed by atoms with Crippen LogP contribution < -0.4 is 5.32 Å². The van der Waals surface area contributed by atoms with Crippen molar-refractivity contribution in [3.8, 4) is 0 Å². The number of benzene rings is 1. The molecule has 0 amide bonds. The Balaban J connectivity index is 2.67. The molecule has 0 aliphatic rings. The highest BCUT2D eigenvalue weighted by Crippen LogP contribution is 2.19. The highest BCUT2D eigenvalue weighted by Gasteiger charge is 2.20. The van der Waals surface area contributed by atoms with Gasteiger partial charge in [-0.1, -0.05) is 30.3 Å². The molecular formula is C14H24N2O. The van der Waals surface area contributed by atoms with Gasteiger partial charge in [0.2, 0.25) is 0 Å². The Hall–Kier alpha value is -0.900. The zero-order chi connectivity index (χ0) is 12.7.